The van der Waals surface area contributed by atoms with Crippen LogP contribution in [-0.2, 0) is 0 Å². The summed E-state index contributed by atoms with van der Waals surface area (Å²) in [5, 5.41) is 0. The minimum absolute atomic E-state index is 0.386. The van der Waals surface area contributed by atoms with E-state index in [1.54, 1.807) is 6.07 Å². The van der Waals surface area contributed by atoms with Crippen molar-refractivity contribution >= 4 is 5.57 Å². The molecule has 0 amide bonds. The average molecular weight is 449 g/mol. The minimum Gasteiger partial charge on any atom is -0.204 e. The molecule has 2 aromatic rings. The third-order valence-corrected chi connectivity index (χ3v) is 9.07. The number of halogens is 2. The summed E-state index contributed by atoms with van der Waals surface area (Å²) in [6.07, 6.45) is 16.3. The quantitative estimate of drug-likeness (QED) is 0.437. The van der Waals surface area contributed by atoms with Gasteiger partial charge in [-0.25, -0.2) is 8.78 Å². The first-order valence-electron chi connectivity index (χ1n) is 13.3. The fourth-order valence-electron chi connectivity index (χ4n) is 6.80. The zero-order valence-corrected chi connectivity index (χ0v) is 20.0. The lowest BCUT2D eigenvalue weighted by Crippen LogP contribution is -2.22. The van der Waals surface area contributed by atoms with Crippen molar-refractivity contribution in [2.75, 3.05) is 0 Å². The van der Waals surface area contributed by atoms with Gasteiger partial charge in [-0.3, -0.25) is 0 Å². The lowest BCUT2D eigenvalue weighted by atomic mass is 9.70. The van der Waals surface area contributed by atoms with Crippen molar-refractivity contribution < 1.29 is 8.78 Å². The van der Waals surface area contributed by atoms with Crippen LogP contribution in [0, 0.1) is 29.4 Å². The Labute approximate surface area is 198 Å². The summed E-state index contributed by atoms with van der Waals surface area (Å²) in [6.45, 7) is 2.39. The highest BCUT2D eigenvalue weighted by Crippen LogP contribution is 2.44. The van der Waals surface area contributed by atoms with Crippen LogP contribution in [0.5, 0.6) is 0 Å². The van der Waals surface area contributed by atoms with Crippen molar-refractivity contribution in [2.24, 2.45) is 17.8 Å². The second kappa shape index (κ2) is 10.1. The van der Waals surface area contributed by atoms with E-state index in [0.29, 0.717) is 5.92 Å². The number of hydrogen-bond acceptors (Lipinski definition) is 0. The first-order chi connectivity index (χ1) is 16.1. The number of rotatable bonds is 4. The van der Waals surface area contributed by atoms with Gasteiger partial charge in [0.2, 0.25) is 0 Å². The zero-order valence-electron chi connectivity index (χ0n) is 20.0. The molecule has 0 N–H and O–H groups in total. The number of benzene rings is 2. The normalized spacial score (nSPS) is 30.6. The second-order valence-corrected chi connectivity index (χ2v) is 11.1. The van der Waals surface area contributed by atoms with E-state index in [1.807, 2.05) is 0 Å². The van der Waals surface area contributed by atoms with E-state index in [1.165, 1.54) is 86.6 Å². The van der Waals surface area contributed by atoms with E-state index in [-0.39, 0.29) is 0 Å². The predicted molar refractivity (Wildman–Crippen MR) is 133 cm³/mol. The highest BCUT2D eigenvalue weighted by atomic mass is 19.2. The van der Waals surface area contributed by atoms with Gasteiger partial charge in [0.25, 0.3) is 0 Å². The van der Waals surface area contributed by atoms with Crippen LogP contribution in [0.3, 0.4) is 0 Å². The summed E-state index contributed by atoms with van der Waals surface area (Å²) in [6, 6.07) is 14.0. The topological polar surface area (TPSA) is 0 Å². The molecule has 0 bridgehead atoms. The van der Waals surface area contributed by atoms with Crippen LogP contribution >= 0.6 is 0 Å². The molecule has 3 aliphatic rings. The molecule has 0 spiro atoms. The van der Waals surface area contributed by atoms with Gasteiger partial charge in [-0.1, -0.05) is 56.2 Å². The zero-order chi connectivity index (χ0) is 22.8. The van der Waals surface area contributed by atoms with Crippen LogP contribution in [0.2, 0.25) is 0 Å². The molecule has 2 aromatic carbocycles. The van der Waals surface area contributed by atoms with Gasteiger partial charge in [0.15, 0.2) is 11.6 Å². The molecule has 0 heterocycles. The van der Waals surface area contributed by atoms with Crippen LogP contribution in [0.1, 0.15) is 106 Å². The molecule has 0 aliphatic heterocycles. The third kappa shape index (κ3) is 5.26. The Balaban J connectivity index is 1.14. The fraction of sp³-hybridized carbons (Fsp3) is 0.548. The summed E-state index contributed by atoms with van der Waals surface area (Å²) in [4.78, 5) is 0. The van der Waals surface area contributed by atoms with Crippen molar-refractivity contribution in [2.45, 2.75) is 89.4 Å². The minimum atomic E-state index is -0.740. The van der Waals surface area contributed by atoms with E-state index < -0.39 is 11.6 Å². The largest absolute Gasteiger partial charge is 0.204 e. The maximum atomic E-state index is 13.6. The van der Waals surface area contributed by atoms with Gasteiger partial charge in [0.05, 0.1) is 0 Å². The van der Waals surface area contributed by atoms with Crippen LogP contribution in [0.4, 0.5) is 8.78 Å². The van der Waals surface area contributed by atoms with Gasteiger partial charge in [0.1, 0.15) is 0 Å². The van der Waals surface area contributed by atoms with E-state index in [4.69, 9.17) is 0 Å². The summed E-state index contributed by atoms with van der Waals surface area (Å²) < 4.78 is 26.9. The molecular weight excluding hydrogens is 410 g/mol. The average Bonchev–Trinajstić information content (AvgIpc) is 2.87. The molecular formula is C31H38F2. The smallest absolute Gasteiger partial charge is 0.159 e. The second-order valence-electron chi connectivity index (χ2n) is 11.1. The van der Waals surface area contributed by atoms with E-state index >= 15 is 0 Å². The molecule has 2 fully saturated rings. The maximum absolute atomic E-state index is 13.6. The standard InChI is InChI=1S/C31H38F2/c1-21-2-4-22(5-3-21)23-6-8-24(9-7-23)25-10-12-26(13-11-25)27-14-16-28(17-15-27)29-18-19-30(32)31(33)20-29/h6-10,18-22,26-28H,2-5,11-17H2,1H3. The van der Waals surface area contributed by atoms with Gasteiger partial charge in [0, 0.05) is 0 Å². The lowest BCUT2D eigenvalue weighted by Gasteiger charge is -2.35. The summed E-state index contributed by atoms with van der Waals surface area (Å²) in [5.41, 5.74) is 5.47. The van der Waals surface area contributed by atoms with E-state index in [2.05, 4.69) is 37.3 Å². The first kappa shape index (κ1) is 22.8. The monoisotopic (exact) mass is 448 g/mol. The highest BCUT2D eigenvalue weighted by Gasteiger charge is 2.30. The lowest BCUT2D eigenvalue weighted by molar-refractivity contribution is 0.220. The summed E-state index contributed by atoms with van der Waals surface area (Å²) in [7, 11) is 0. The van der Waals surface area contributed by atoms with Crippen LogP contribution < -0.4 is 0 Å². The van der Waals surface area contributed by atoms with Crippen molar-refractivity contribution in [1.82, 2.24) is 0 Å². The van der Waals surface area contributed by atoms with Gasteiger partial charge in [-0.15, -0.1) is 0 Å². The molecule has 1 atom stereocenters. The van der Waals surface area contributed by atoms with Crippen LogP contribution in [0.25, 0.3) is 5.57 Å². The molecule has 0 nitrogen and oxygen atoms in total. The molecule has 2 saturated carbocycles. The summed E-state index contributed by atoms with van der Waals surface area (Å²) in [5.74, 6) is 2.17. The molecule has 5 rings (SSSR count). The molecule has 176 valence electrons. The van der Waals surface area contributed by atoms with Gasteiger partial charge in [-0.05, 0) is 122 Å². The molecule has 0 saturated heterocycles. The van der Waals surface area contributed by atoms with Crippen molar-refractivity contribution in [3.05, 3.63) is 76.9 Å². The van der Waals surface area contributed by atoms with Gasteiger partial charge < -0.3 is 0 Å². The predicted octanol–water partition coefficient (Wildman–Crippen LogP) is 9.42. The van der Waals surface area contributed by atoms with Gasteiger partial charge >= 0.3 is 0 Å². The SMILES string of the molecule is CC1CCC(c2ccc(C3=CCC(C4CCC(c5ccc(F)c(F)c5)CC4)CC3)cc2)CC1. The van der Waals surface area contributed by atoms with Crippen LogP contribution in [0.15, 0.2) is 48.5 Å². The Morgan fingerprint density at radius 1 is 0.636 bits per heavy atom. The third-order valence-electron chi connectivity index (χ3n) is 9.07. The fourth-order valence-corrected chi connectivity index (χ4v) is 6.80. The Kier molecular flexibility index (Phi) is 6.99. The number of hydrogen-bond donors (Lipinski definition) is 0. The van der Waals surface area contributed by atoms with E-state index in [9.17, 15) is 8.78 Å². The summed E-state index contributed by atoms with van der Waals surface area (Å²) >= 11 is 0. The molecule has 0 aromatic heterocycles. The highest BCUT2D eigenvalue weighted by molar-refractivity contribution is 5.66. The molecule has 3 aliphatic carbocycles. The molecule has 0 radical (unpaired) electrons. The van der Waals surface area contributed by atoms with Crippen molar-refractivity contribution in [1.29, 1.82) is 0 Å². The Bertz CT molecular complexity index is 957. The first-order valence-corrected chi connectivity index (χ1v) is 13.3. The maximum Gasteiger partial charge on any atom is 0.159 e. The molecule has 1 unspecified atom stereocenters. The van der Waals surface area contributed by atoms with Crippen molar-refractivity contribution in [3.63, 3.8) is 0 Å². The Morgan fingerprint density at radius 2 is 1.27 bits per heavy atom. The molecule has 33 heavy (non-hydrogen) atoms. The van der Waals surface area contributed by atoms with Gasteiger partial charge in [-0.2, -0.15) is 0 Å². The number of allylic oxidation sites excluding steroid dienone is 2. The van der Waals surface area contributed by atoms with Crippen LogP contribution in [-0.4, -0.2) is 0 Å². The van der Waals surface area contributed by atoms with E-state index in [0.717, 1.165) is 42.1 Å². The molecule has 2 heteroatoms. The van der Waals surface area contributed by atoms with Crippen molar-refractivity contribution in [3.8, 4) is 0 Å². The Hall–Kier alpha value is -1.96. The Morgan fingerprint density at radius 3 is 1.91 bits per heavy atom.